The van der Waals surface area contributed by atoms with E-state index in [1.807, 2.05) is 24.3 Å². The molecule has 0 fully saturated rings. The van der Waals surface area contributed by atoms with Gasteiger partial charge in [-0.2, -0.15) is 9.50 Å². The predicted molar refractivity (Wildman–Crippen MR) is 108 cm³/mol. The number of hydrogen-bond acceptors (Lipinski definition) is 6. The maximum Gasteiger partial charge on any atom is 0.291 e. The average Bonchev–Trinajstić information content (AvgIpc) is 3.24. The Hall–Kier alpha value is -2.61. The normalized spacial score (nSPS) is 16.6. The summed E-state index contributed by atoms with van der Waals surface area (Å²) in [5.74, 6) is 1.73. The lowest BCUT2D eigenvalue weighted by Gasteiger charge is -2.24. The van der Waals surface area contributed by atoms with Crippen LogP contribution in [0.25, 0.3) is 11.0 Å². The van der Waals surface area contributed by atoms with Gasteiger partial charge in [-0.25, -0.2) is 0 Å². The number of fused-ring (bicyclic) bond motifs is 2. The molecule has 0 saturated heterocycles. The molecule has 0 unspecified atom stereocenters. The smallest absolute Gasteiger partial charge is 0.291 e. The summed E-state index contributed by atoms with van der Waals surface area (Å²) < 4.78 is 13.4. The van der Waals surface area contributed by atoms with E-state index in [1.54, 1.807) is 24.3 Å². The van der Waals surface area contributed by atoms with Crippen LogP contribution in [0.15, 0.2) is 47.3 Å². The number of ether oxygens (including phenoxy) is 2. The van der Waals surface area contributed by atoms with Crippen LogP contribution in [0.5, 0.6) is 11.5 Å². The van der Waals surface area contributed by atoms with E-state index in [0.29, 0.717) is 36.9 Å². The maximum atomic E-state index is 12.7. The molecule has 5 rings (SSSR count). The van der Waals surface area contributed by atoms with Gasteiger partial charge in [-0.3, -0.25) is 4.79 Å². The van der Waals surface area contributed by atoms with Gasteiger partial charge in [-0.1, -0.05) is 52.7 Å². The molecule has 2 aromatic heterocycles. The highest BCUT2D eigenvalue weighted by Gasteiger charge is 2.27. The summed E-state index contributed by atoms with van der Waals surface area (Å²) in [5, 5.41) is 5.23. The third-order valence-electron chi connectivity index (χ3n) is 4.24. The van der Waals surface area contributed by atoms with Crippen molar-refractivity contribution in [1.29, 1.82) is 0 Å². The molecule has 0 amide bonds. The number of halogens is 2. The van der Waals surface area contributed by atoms with E-state index >= 15 is 0 Å². The largest absolute Gasteiger partial charge is 0.485 e. The Balaban J connectivity index is 1.50. The lowest BCUT2D eigenvalue weighted by atomic mass is 10.2. The molecular formula is C19H11Cl2N3O3S. The van der Waals surface area contributed by atoms with E-state index in [1.165, 1.54) is 15.9 Å². The van der Waals surface area contributed by atoms with Crippen LogP contribution in [0.2, 0.25) is 10.0 Å². The van der Waals surface area contributed by atoms with Crippen molar-refractivity contribution in [3.63, 3.8) is 0 Å². The Morgan fingerprint density at radius 2 is 1.96 bits per heavy atom. The summed E-state index contributed by atoms with van der Waals surface area (Å²) >= 11 is 13.2. The first-order valence-electron chi connectivity index (χ1n) is 8.33. The van der Waals surface area contributed by atoms with Crippen molar-refractivity contribution in [2.75, 3.05) is 6.61 Å². The Bertz CT molecular complexity index is 1320. The Kier molecular flexibility index (Phi) is 4.23. The summed E-state index contributed by atoms with van der Waals surface area (Å²) in [7, 11) is 0. The minimum atomic E-state index is -0.469. The van der Waals surface area contributed by atoms with E-state index < -0.39 is 6.10 Å². The highest BCUT2D eigenvalue weighted by atomic mass is 35.5. The summed E-state index contributed by atoms with van der Waals surface area (Å²) in [5.41, 5.74) is 0.527. The van der Waals surface area contributed by atoms with Crippen molar-refractivity contribution in [2.45, 2.75) is 6.10 Å². The van der Waals surface area contributed by atoms with Crippen molar-refractivity contribution in [3.05, 3.63) is 78.8 Å². The van der Waals surface area contributed by atoms with E-state index in [4.69, 9.17) is 32.7 Å². The van der Waals surface area contributed by atoms with Gasteiger partial charge in [0.25, 0.3) is 5.56 Å². The molecule has 28 heavy (non-hydrogen) atoms. The molecule has 1 atom stereocenters. The zero-order valence-electron chi connectivity index (χ0n) is 14.1. The number of thiazole rings is 1. The maximum absolute atomic E-state index is 12.7. The molecular weight excluding hydrogens is 421 g/mol. The summed E-state index contributed by atoms with van der Waals surface area (Å²) in [6.45, 7) is 0.283. The number of nitrogens with zero attached hydrogens (tertiary/aromatic N) is 3. The van der Waals surface area contributed by atoms with Crippen LogP contribution in [-0.2, 0) is 0 Å². The minimum absolute atomic E-state index is 0.248. The molecule has 6 nitrogen and oxygen atoms in total. The fourth-order valence-electron chi connectivity index (χ4n) is 2.89. The molecule has 2 aromatic carbocycles. The van der Waals surface area contributed by atoms with Gasteiger partial charge in [0, 0.05) is 0 Å². The fraction of sp³-hybridized carbons (Fsp3) is 0.105. The van der Waals surface area contributed by atoms with Gasteiger partial charge in [0.2, 0.25) is 4.96 Å². The zero-order valence-corrected chi connectivity index (χ0v) is 16.5. The van der Waals surface area contributed by atoms with Crippen molar-refractivity contribution in [2.24, 2.45) is 0 Å². The third kappa shape index (κ3) is 3.01. The number of rotatable bonds is 2. The first kappa shape index (κ1) is 17.5. The van der Waals surface area contributed by atoms with Crippen molar-refractivity contribution < 1.29 is 9.47 Å². The molecule has 1 aliphatic rings. The van der Waals surface area contributed by atoms with Crippen LogP contribution in [0.1, 0.15) is 17.5 Å². The topological polar surface area (TPSA) is 65.7 Å². The quantitative estimate of drug-likeness (QED) is 0.485. The van der Waals surface area contributed by atoms with Gasteiger partial charge >= 0.3 is 0 Å². The zero-order chi connectivity index (χ0) is 19.3. The lowest BCUT2D eigenvalue weighted by Crippen LogP contribution is -2.26. The predicted octanol–water partition coefficient (Wildman–Crippen LogP) is 3.52. The van der Waals surface area contributed by atoms with Gasteiger partial charge in [0.1, 0.15) is 6.61 Å². The molecule has 0 aliphatic carbocycles. The summed E-state index contributed by atoms with van der Waals surface area (Å²) in [6.07, 6.45) is 1.27. The molecule has 4 aromatic rings. The van der Waals surface area contributed by atoms with Gasteiger partial charge in [0.15, 0.2) is 23.4 Å². The molecule has 3 heterocycles. The second-order valence-electron chi connectivity index (χ2n) is 6.12. The van der Waals surface area contributed by atoms with E-state index in [0.717, 1.165) is 5.56 Å². The van der Waals surface area contributed by atoms with E-state index in [2.05, 4.69) is 10.1 Å². The van der Waals surface area contributed by atoms with Gasteiger partial charge in [-0.15, -0.1) is 5.10 Å². The molecule has 0 spiro atoms. The highest BCUT2D eigenvalue weighted by Crippen LogP contribution is 2.35. The molecule has 140 valence electrons. The lowest BCUT2D eigenvalue weighted by molar-refractivity contribution is 0.0852. The monoisotopic (exact) mass is 431 g/mol. The van der Waals surface area contributed by atoms with Crippen LogP contribution in [0, 0.1) is 0 Å². The SMILES string of the molecule is O=c1/c(=C\c2ccc(Cl)c(Cl)c2)sc2nc([C@@H]3COc4ccccc4O3)nn12. The van der Waals surface area contributed by atoms with Gasteiger partial charge < -0.3 is 9.47 Å². The summed E-state index contributed by atoms with van der Waals surface area (Å²) in [6, 6.07) is 12.6. The standard InChI is InChI=1S/C19H11Cl2N3O3S/c20-11-6-5-10(7-12(11)21)8-16-18(25)24-19(28-16)22-17(23-24)15-9-26-13-3-1-2-4-14(13)27-15/h1-8,15H,9H2/b16-8+/t15-/m0/s1. The third-order valence-corrected chi connectivity index (χ3v) is 5.93. The Morgan fingerprint density at radius 3 is 2.75 bits per heavy atom. The van der Waals surface area contributed by atoms with Gasteiger partial charge in [0.05, 0.1) is 14.6 Å². The van der Waals surface area contributed by atoms with Crippen LogP contribution in [0.4, 0.5) is 0 Å². The number of benzene rings is 2. The van der Waals surface area contributed by atoms with Crippen LogP contribution in [0.3, 0.4) is 0 Å². The van der Waals surface area contributed by atoms with Crippen LogP contribution in [-0.4, -0.2) is 21.2 Å². The van der Waals surface area contributed by atoms with E-state index in [-0.39, 0.29) is 12.2 Å². The second kappa shape index (κ2) is 6.77. The molecule has 0 bridgehead atoms. The molecule has 0 saturated carbocycles. The molecule has 9 heteroatoms. The first-order valence-corrected chi connectivity index (χ1v) is 9.90. The number of para-hydroxylation sites is 2. The van der Waals surface area contributed by atoms with Crippen LogP contribution < -0.4 is 19.6 Å². The Labute approximate surface area is 172 Å². The van der Waals surface area contributed by atoms with Crippen molar-refractivity contribution in [1.82, 2.24) is 14.6 Å². The summed E-state index contributed by atoms with van der Waals surface area (Å²) in [4.78, 5) is 17.6. The van der Waals surface area contributed by atoms with Gasteiger partial charge in [-0.05, 0) is 35.9 Å². The number of hydrogen-bond donors (Lipinski definition) is 0. The molecule has 0 N–H and O–H groups in total. The fourth-order valence-corrected chi connectivity index (χ4v) is 4.11. The van der Waals surface area contributed by atoms with Crippen molar-refractivity contribution in [3.8, 4) is 11.5 Å². The molecule has 0 radical (unpaired) electrons. The Morgan fingerprint density at radius 1 is 1.14 bits per heavy atom. The molecule has 1 aliphatic heterocycles. The number of aromatic nitrogens is 3. The highest BCUT2D eigenvalue weighted by molar-refractivity contribution is 7.15. The minimum Gasteiger partial charge on any atom is -0.485 e. The van der Waals surface area contributed by atoms with Crippen LogP contribution >= 0.6 is 34.5 Å². The van der Waals surface area contributed by atoms with E-state index in [9.17, 15) is 4.79 Å². The van der Waals surface area contributed by atoms with Crippen molar-refractivity contribution >= 4 is 45.6 Å². The first-order chi connectivity index (χ1) is 13.6. The second-order valence-corrected chi connectivity index (χ2v) is 7.94. The average molecular weight is 432 g/mol.